The molecule has 0 saturated heterocycles. The molecule has 2 aromatic carbocycles. The molecule has 3 heteroatoms. The molecule has 1 unspecified atom stereocenters. The summed E-state index contributed by atoms with van der Waals surface area (Å²) in [7, 11) is 13.4. The average molecular weight is 536 g/mol. The van der Waals surface area contributed by atoms with Gasteiger partial charge in [0.15, 0.2) is 0 Å². The summed E-state index contributed by atoms with van der Waals surface area (Å²) < 4.78 is 0.285. The first-order valence-corrected chi connectivity index (χ1v) is 19.3. The van der Waals surface area contributed by atoms with Gasteiger partial charge in [0.1, 0.15) is 0 Å². The van der Waals surface area contributed by atoms with Crippen LogP contribution in [0.3, 0.4) is 0 Å². The molecule has 0 spiro atoms. The van der Waals surface area contributed by atoms with Crippen LogP contribution in [-0.4, -0.2) is 0 Å². The fraction of sp³-hybridized carbons (Fsp3) is 0.500. The van der Waals surface area contributed by atoms with Crippen molar-refractivity contribution in [3.8, 4) is 11.1 Å². The van der Waals surface area contributed by atoms with E-state index in [1.165, 1.54) is 44.5 Å². The van der Waals surface area contributed by atoms with Crippen LogP contribution in [0.15, 0.2) is 35.9 Å². The van der Waals surface area contributed by atoms with Gasteiger partial charge in [0.2, 0.25) is 0 Å². The Morgan fingerprint density at radius 1 is 0.871 bits per heavy atom. The number of aryl methyl sites for hydroxylation is 1. The molecule has 0 bridgehead atoms. The second kappa shape index (κ2) is 9.48. The number of hydrogen-bond acceptors (Lipinski definition) is 0. The van der Waals surface area contributed by atoms with Crippen molar-refractivity contribution >= 4 is 23.1 Å². The maximum atomic E-state index is 6.68. The second-order valence-electron chi connectivity index (χ2n) is 10.9. The van der Waals surface area contributed by atoms with Crippen LogP contribution in [0.1, 0.15) is 99.7 Å². The Labute approximate surface area is 205 Å². The van der Waals surface area contributed by atoms with Gasteiger partial charge in [-0.1, -0.05) is 0 Å². The van der Waals surface area contributed by atoms with E-state index in [2.05, 4.69) is 91.8 Å². The molecule has 0 fully saturated rings. The fourth-order valence-corrected chi connectivity index (χ4v) is 10.2. The molecule has 2 aromatic rings. The Hall–Kier alpha value is -0.357. The summed E-state index contributed by atoms with van der Waals surface area (Å²) >= 11 is -2.48. The molecular formula is C28H37Cl2Zr. The van der Waals surface area contributed by atoms with E-state index in [0.717, 1.165) is 19.3 Å². The number of benzene rings is 2. The molecule has 1 atom stereocenters. The summed E-state index contributed by atoms with van der Waals surface area (Å²) in [6, 6.07) is 11.9. The van der Waals surface area contributed by atoms with Gasteiger partial charge in [0.05, 0.1) is 0 Å². The summed E-state index contributed by atoms with van der Waals surface area (Å²) in [5.74, 6) is 0. The topological polar surface area (TPSA) is 0 Å². The van der Waals surface area contributed by atoms with Crippen molar-refractivity contribution in [3.05, 3.63) is 63.7 Å². The molecule has 0 heterocycles. The van der Waals surface area contributed by atoms with Gasteiger partial charge < -0.3 is 0 Å². The number of halogens is 2. The van der Waals surface area contributed by atoms with E-state index < -0.39 is 19.4 Å². The van der Waals surface area contributed by atoms with E-state index in [1.54, 1.807) is 0 Å². The minimum atomic E-state index is -2.48. The summed E-state index contributed by atoms with van der Waals surface area (Å²) in [6.07, 6.45) is 5.65. The third-order valence-electron chi connectivity index (χ3n) is 6.48. The molecule has 0 saturated carbocycles. The zero-order chi connectivity index (χ0) is 23.1. The summed E-state index contributed by atoms with van der Waals surface area (Å²) in [4.78, 5) is 0. The van der Waals surface area contributed by atoms with Crippen LogP contribution in [0.4, 0.5) is 0 Å². The van der Waals surface area contributed by atoms with E-state index in [1.807, 2.05) is 0 Å². The summed E-state index contributed by atoms with van der Waals surface area (Å²) in [6.45, 7) is 18.4. The number of hydrogen-bond donors (Lipinski definition) is 0. The van der Waals surface area contributed by atoms with E-state index in [4.69, 9.17) is 17.0 Å². The Morgan fingerprint density at radius 2 is 1.45 bits per heavy atom. The maximum absolute atomic E-state index is 6.68. The van der Waals surface area contributed by atoms with Crippen molar-refractivity contribution in [2.45, 2.75) is 89.1 Å². The van der Waals surface area contributed by atoms with Crippen molar-refractivity contribution in [2.24, 2.45) is 0 Å². The van der Waals surface area contributed by atoms with Crippen molar-refractivity contribution in [2.75, 3.05) is 0 Å². The average Bonchev–Trinajstić information content (AvgIpc) is 3.05. The van der Waals surface area contributed by atoms with Crippen LogP contribution in [0.2, 0.25) is 0 Å². The zero-order valence-electron chi connectivity index (χ0n) is 20.4. The molecule has 0 amide bonds. The zero-order valence-corrected chi connectivity index (χ0v) is 24.4. The van der Waals surface area contributed by atoms with Crippen molar-refractivity contribution in [1.82, 2.24) is 0 Å². The molecule has 0 nitrogen and oxygen atoms in total. The standard InChI is InChI=1S/C28H37.2ClH.Zr/c1-9-11-20-12-13-21-14-19(10-2)15-25(21)26(20)22-16-23(27(3,4)5)18-24(17-22)28(6,7)8;;;/h12-18H,9-11H2,1-8H3;2*1H;/q;;;+2/p-2. The van der Waals surface area contributed by atoms with Gasteiger partial charge >= 0.3 is 206 Å². The van der Waals surface area contributed by atoms with Crippen LogP contribution in [0, 0.1) is 0 Å². The van der Waals surface area contributed by atoms with Gasteiger partial charge in [-0.05, 0) is 0 Å². The van der Waals surface area contributed by atoms with Crippen LogP contribution in [-0.2, 0) is 36.6 Å². The Kier molecular flexibility index (Phi) is 7.73. The Morgan fingerprint density at radius 3 is 1.90 bits per heavy atom. The molecule has 3 rings (SSSR count). The minimum absolute atomic E-state index is 0.0962. The first kappa shape index (κ1) is 25.3. The fourth-order valence-electron chi connectivity index (χ4n) is 4.58. The van der Waals surface area contributed by atoms with Crippen molar-refractivity contribution in [3.63, 3.8) is 0 Å². The Bertz CT molecular complexity index is 955. The molecular weight excluding hydrogens is 498 g/mol. The predicted molar refractivity (Wildman–Crippen MR) is 136 cm³/mol. The van der Waals surface area contributed by atoms with Gasteiger partial charge in [0.25, 0.3) is 0 Å². The molecule has 0 aromatic heterocycles. The third-order valence-corrected chi connectivity index (χ3v) is 11.8. The summed E-state index contributed by atoms with van der Waals surface area (Å²) in [5, 5.41) is 0. The molecule has 0 N–H and O–H groups in total. The number of allylic oxidation sites excluding steroid dienone is 1. The normalized spacial score (nSPS) is 16.3. The van der Waals surface area contributed by atoms with Crippen molar-refractivity contribution < 1.29 is 19.4 Å². The van der Waals surface area contributed by atoms with Gasteiger partial charge in [-0.15, -0.1) is 0 Å². The predicted octanol–water partition coefficient (Wildman–Crippen LogP) is 9.67. The monoisotopic (exact) mass is 533 g/mol. The molecule has 31 heavy (non-hydrogen) atoms. The van der Waals surface area contributed by atoms with E-state index >= 15 is 0 Å². The van der Waals surface area contributed by atoms with Gasteiger partial charge in [-0.25, -0.2) is 0 Å². The van der Waals surface area contributed by atoms with Crippen molar-refractivity contribution in [1.29, 1.82) is 0 Å². The molecule has 1 aliphatic rings. The molecule has 0 aliphatic heterocycles. The van der Waals surface area contributed by atoms with Gasteiger partial charge in [-0.3, -0.25) is 0 Å². The SMILES string of the molecule is CCCc1ccc2c(c1-c1cc(C(C)(C)C)cc(C(C)(C)C)c1)C=C(CC)[CH]2[Zr]([Cl])[Cl]. The Balaban J connectivity index is 2.36. The van der Waals surface area contributed by atoms with E-state index in [9.17, 15) is 0 Å². The second-order valence-corrected chi connectivity index (χ2v) is 19.8. The first-order valence-electron chi connectivity index (χ1n) is 11.6. The van der Waals surface area contributed by atoms with Crippen LogP contribution in [0.5, 0.6) is 0 Å². The number of fused-ring (bicyclic) bond motifs is 1. The molecule has 167 valence electrons. The van der Waals surface area contributed by atoms with E-state index in [-0.39, 0.29) is 14.5 Å². The molecule has 1 aliphatic carbocycles. The third kappa shape index (κ3) is 5.26. The first-order chi connectivity index (χ1) is 14.4. The quantitative estimate of drug-likeness (QED) is 0.357. The summed E-state index contributed by atoms with van der Waals surface area (Å²) in [5.41, 5.74) is 11.3. The van der Waals surface area contributed by atoms with Gasteiger partial charge in [-0.2, -0.15) is 0 Å². The van der Waals surface area contributed by atoms with Crippen LogP contribution in [0.25, 0.3) is 17.2 Å². The number of rotatable bonds is 5. The van der Waals surface area contributed by atoms with Crippen LogP contribution < -0.4 is 0 Å². The van der Waals surface area contributed by atoms with E-state index in [0.29, 0.717) is 0 Å². The van der Waals surface area contributed by atoms with Gasteiger partial charge in [0, 0.05) is 0 Å². The molecule has 0 radical (unpaired) electrons. The van der Waals surface area contributed by atoms with Crippen LogP contribution >= 0.6 is 17.0 Å².